The molecule has 0 saturated carbocycles. The molecule has 0 atom stereocenters. The fourth-order valence-electron chi connectivity index (χ4n) is 2.93. The monoisotopic (exact) mass is 338 g/mol. The predicted molar refractivity (Wildman–Crippen MR) is 106 cm³/mol. The molecule has 1 aliphatic heterocycles. The van der Waals surface area contributed by atoms with Crippen LogP contribution < -0.4 is 5.01 Å². The van der Waals surface area contributed by atoms with Crippen molar-refractivity contribution in [1.29, 1.82) is 0 Å². The summed E-state index contributed by atoms with van der Waals surface area (Å²) in [5, 5.41) is 6.11. The number of hydrogen-bond acceptors (Lipinski definition) is 2. The maximum absolute atomic E-state index is 13.1. The molecule has 1 amide bonds. The van der Waals surface area contributed by atoms with Crippen LogP contribution in [0.15, 0.2) is 95.6 Å². The van der Waals surface area contributed by atoms with E-state index in [9.17, 15) is 4.79 Å². The first-order valence-corrected chi connectivity index (χ1v) is 8.55. The van der Waals surface area contributed by atoms with E-state index in [2.05, 4.69) is 5.10 Å². The molecule has 4 rings (SSSR count). The van der Waals surface area contributed by atoms with E-state index in [1.807, 2.05) is 97.9 Å². The van der Waals surface area contributed by atoms with Gasteiger partial charge in [-0.25, -0.2) is 0 Å². The minimum absolute atomic E-state index is 0.115. The summed E-state index contributed by atoms with van der Waals surface area (Å²) in [6.07, 6.45) is 1.91. The van der Waals surface area contributed by atoms with E-state index in [4.69, 9.17) is 0 Å². The van der Waals surface area contributed by atoms with Crippen LogP contribution in [-0.4, -0.2) is 11.6 Å². The first kappa shape index (κ1) is 16.0. The van der Waals surface area contributed by atoms with Crippen LogP contribution in [0.25, 0.3) is 6.08 Å². The molecule has 0 spiro atoms. The van der Waals surface area contributed by atoms with Gasteiger partial charge in [-0.1, -0.05) is 78.4 Å². The summed E-state index contributed by atoms with van der Waals surface area (Å²) in [6.45, 7) is 2.05. The number of benzene rings is 3. The third-order valence-corrected chi connectivity index (χ3v) is 4.31. The number of carbonyl (C=O) groups excluding carboxylic acids is 1. The van der Waals surface area contributed by atoms with Crippen LogP contribution >= 0.6 is 0 Å². The highest BCUT2D eigenvalue weighted by Crippen LogP contribution is 2.27. The first-order chi connectivity index (χ1) is 12.7. The van der Waals surface area contributed by atoms with Crippen molar-refractivity contribution in [3.8, 4) is 0 Å². The van der Waals surface area contributed by atoms with Gasteiger partial charge < -0.3 is 0 Å². The van der Waals surface area contributed by atoms with Crippen molar-refractivity contribution in [1.82, 2.24) is 0 Å². The number of rotatable bonds is 3. The summed E-state index contributed by atoms with van der Waals surface area (Å²) >= 11 is 0. The second-order valence-corrected chi connectivity index (χ2v) is 6.24. The van der Waals surface area contributed by atoms with Gasteiger partial charge in [-0.3, -0.25) is 4.79 Å². The number of aryl methyl sites for hydroxylation is 1. The van der Waals surface area contributed by atoms with Gasteiger partial charge in [0.05, 0.1) is 11.3 Å². The summed E-state index contributed by atoms with van der Waals surface area (Å²) in [5.41, 5.74) is 5.16. The first-order valence-electron chi connectivity index (χ1n) is 8.55. The summed E-state index contributed by atoms with van der Waals surface area (Å²) in [7, 11) is 0. The minimum Gasteiger partial charge on any atom is -0.267 e. The van der Waals surface area contributed by atoms with Crippen molar-refractivity contribution in [3.63, 3.8) is 0 Å². The average molecular weight is 338 g/mol. The molecule has 0 bridgehead atoms. The highest BCUT2D eigenvalue weighted by molar-refractivity contribution is 6.37. The maximum atomic E-state index is 13.1. The topological polar surface area (TPSA) is 32.7 Å². The van der Waals surface area contributed by atoms with Crippen molar-refractivity contribution < 1.29 is 4.79 Å². The van der Waals surface area contributed by atoms with Crippen molar-refractivity contribution >= 4 is 23.4 Å². The number of para-hydroxylation sites is 1. The zero-order valence-corrected chi connectivity index (χ0v) is 14.5. The molecule has 1 aliphatic rings. The van der Waals surface area contributed by atoms with Gasteiger partial charge in [0.1, 0.15) is 5.71 Å². The number of carbonyl (C=O) groups is 1. The number of nitrogens with zero attached hydrogens (tertiary/aromatic N) is 2. The number of anilines is 1. The van der Waals surface area contributed by atoms with Gasteiger partial charge in [-0.15, -0.1) is 0 Å². The van der Waals surface area contributed by atoms with Gasteiger partial charge >= 0.3 is 0 Å². The van der Waals surface area contributed by atoms with E-state index in [0.29, 0.717) is 11.3 Å². The van der Waals surface area contributed by atoms with Gasteiger partial charge in [0.2, 0.25) is 0 Å². The highest BCUT2D eigenvalue weighted by atomic mass is 16.2. The second-order valence-electron chi connectivity index (χ2n) is 6.24. The minimum atomic E-state index is -0.115. The Morgan fingerprint density at radius 2 is 1.42 bits per heavy atom. The Labute approximate surface area is 152 Å². The Balaban J connectivity index is 1.82. The van der Waals surface area contributed by atoms with Crippen molar-refractivity contribution in [3.05, 3.63) is 107 Å². The summed E-state index contributed by atoms with van der Waals surface area (Å²) in [5.74, 6) is -0.115. The molecule has 0 fully saturated rings. The smallest absolute Gasteiger partial charge is 0.267 e. The Morgan fingerprint density at radius 1 is 0.808 bits per heavy atom. The normalized spacial score (nSPS) is 15.4. The van der Waals surface area contributed by atoms with Crippen molar-refractivity contribution in [2.75, 3.05) is 5.01 Å². The fourth-order valence-corrected chi connectivity index (χ4v) is 2.93. The molecular weight excluding hydrogens is 320 g/mol. The molecule has 3 nitrogen and oxygen atoms in total. The molecule has 0 aliphatic carbocycles. The Hall–Kier alpha value is -3.46. The highest BCUT2D eigenvalue weighted by Gasteiger charge is 2.31. The van der Waals surface area contributed by atoms with Crippen molar-refractivity contribution in [2.24, 2.45) is 5.10 Å². The zero-order valence-electron chi connectivity index (χ0n) is 14.5. The van der Waals surface area contributed by atoms with Crippen LogP contribution in [0.3, 0.4) is 0 Å². The summed E-state index contributed by atoms with van der Waals surface area (Å²) in [6, 6.07) is 27.4. The summed E-state index contributed by atoms with van der Waals surface area (Å²) < 4.78 is 0. The van der Waals surface area contributed by atoms with Crippen LogP contribution in [0.4, 0.5) is 5.69 Å². The van der Waals surface area contributed by atoms with Gasteiger partial charge in [-0.2, -0.15) is 10.1 Å². The van der Waals surface area contributed by atoms with E-state index in [1.54, 1.807) is 0 Å². The van der Waals surface area contributed by atoms with E-state index < -0.39 is 0 Å². The predicted octanol–water partition coefficient (Wildman–Crippen LogP) is 4.83. The molecule has 0 unspecified atom stereocenters. The summed E-state index contributed by atoms with van der Waals surface area (Å²) in [4.78, 5) is 13.1. The molecule has 3 aromatic rings. The fraction of sp³-hybridized carbons (Fsp3) is 0.0435. The van der Waals surface area contributed by atoms with Crippen LogP contribution in [-0.2, 0) is 4.79 Å². The van der Waals surface area contributed by atoms with E-state index in [-0.39, 0.29) is 5.91 Å². The molecule has 1 heterocycles. The molecule has 0 saturated heterocycles. The molecule has 3 aromatic carbocycles. The van der Waals surface area contributed by atoms with Crippen LogP contribution in [0.5, 0.6) is 0 Å². The van der Waals surface area contributed by atoms with E-state index in [1.165, 1.54) is 10.6 Å². The maximum Gasteiger partial charge on any atom is 0.281 e. The lowest BCUT2D eigenvalue weighted by Gasteiger charge is -2.10. The molecule has 0 aromatic heterocycles. The molecule has 0 radical (unpaired) electrons. The van der Waals surface area contributed by atoms with Gasteiger partial charge in [0.15, 0.2) is 0 Å². The standard InChI is InChI=1S/C23H18N2O/c1-17-12-14-18(15-13-17)16-21-22(19-8-4-2-5-9-19)24-25(23(21)26)20-10-6-3-7-11-20/h2-16H,1H3/b21-16+. The van der Waals surface area contributed by atoms with Crippen LogP contribution in [0.1, 0.15) is 16.7 Å². The Bertz CT molecular complexity index is 987. The lowest BCUT2D eigenvalue weighted by atomic mass is 10.00. The third-order valence-electron chi connectivity index (χ3n) is 4.31. The van der Waals surface area contributed by atoms with E-state index >= 15 is 0 Å². The molecule has 3 heteroatoms. The van der Waals surface area contributed by atoms with Gasteiger partial charge in [0, 0.05) is 5.56 Å². The van der Waals surface area contributed by atoms with Crippen LogP contribution in [0.2, 0.25) is 0 Å². The number of hydrazone groups is 1. The molecule has 126 valence electrons. The average Bonchev–Trinajstić information content (AvgIpc) is 3.01. The second kappa shape index (κ2) is 6.81. The third kappa shape index (κ3) is 3.07. The molecular formula is C23H18N2O. The lowest BCUT2D eigenvalue weighted by molar-refractivity contribution is -0.114. The largest absolute Gasteiger partial charge is 0.281 e. The Morgan fingerprint density at radius 3 is 2.08 bits per heavy atom. The number of amides is 1. The van der Waals surface area contributed by atoms with Crippen LogP contribution in [0, 0.1) is 6.92 Å². The molecule has 26 heavy (non-hydrogen) atoms. The van der Waals surface area contributed by atoms with Gasteiger partial charge in [0.25, 0.3) is 5.91 Å². The van der Waals surface area contributed by atoms with E-state index in [0.717, 1.165) is 16.8 Å². The SMILES string of the molecule is Cc1ccc(/C=C2/C(=O)N(c3ccccc3)N=C2c2ccccc2)cc1. The molecule has 0 N–H and O–H groups in total. The quantitative estimate of drug-likeness (QED) is 0.630. The lowest BCUT2D eigenvalue weighted by Crippen LogP contribution is -2.21. The Kier molecular flexibility index (Phi) is 4.20. The zero-order chi connectivity index (χ0) is 17.9. The number of hydrogen-bond donors (Lipinski definition) is 0. The van der Waals surface area contributed by atoms with Gasteiger partial charge in [-0.05, 0) is 30.7 Å². The van der Waals surface area contributed by atoms with Crippen molar-refractivity contribution in [2.45, 2.75) is 6.92 Å².